The Labute approximate surface area is 184 Å². The molecular weight excluding hydrogens is 418 g/mol. The lowest BCUT2D eigenvalue weighted by molar-refractivity contribution is -0.151. The number of anilines is 1. The van der Waals surface area contributed by atoms with E-state index < -0.39 is 36.2 Å². The Kier molecular flexibility index (Phi) is 7.27. The summed E-state index contributed by atoms with van der Waals surface area (Å²) in [6.45, 7) is -0.542. The average molecular weight is 441 g/mol. The van der Waals surface area contributed by atoms with Crippen LogP contribution in [0.1, 0.15) is 16.8 Å². The van der Waals surface area contributed by atoms with Crippen molar-refractivity contribution >= 4 is 29.4 Å². The molecular formula is C22H23N3O7. The molecule has 168 valence electrons. The SMILES string of the molecule is COc1cc(OC)cc(C(=O)NN2C[C@H](C(=O)OCC(=O)Nc3ccccc3)CC2=O)c1. The Hall–Kier alpha value is -4.08. The zero-order valence-electron chi connectivity index (χ0n) is 17.6. The summed E-state index contributed by atoms with van der Waals surface area (Å²) in [4.78, 5) is 49.0. The number of hydrazine groups is 1. The number of rotatable bonds is 8. The zero-order valence-corrected chi connectivity index (χ0v) is 17.6. The standard InChI is InChI=1S/C22H23N3O7/c1-30-17-8-14(9-18(11-17)31-2)21(28)24-25-12-15(10-20(25)27)22(29)32-13-19(26)23-16-6-4-3-5-7-16/h3-9,11,15H,10,12-13H2,1-2H3,(H,23,26)(H,24,28)/t15-/m1/s1. The van der Waals surface area contributed by atoms with E-state index >= 15 is 0 Å². The van der Waals surface area contributed by atoms with Crippen molar-refractivity contribution in [3.8, 4) is 11.5 Å². The van der Waals surface area contributed by atoms with Crippen molar-refractivity contribution in [2.45, 2.75) is 6.42 Å². The third-order valence-electron chi connectivity index (χ3n) is 4.71. The van der Waals surface area contributed by atoms with Crippen molar-refractivity contribution < 1.29 is 33.4 Å². The van der Waals surface area contributed by atoms with Crippen molar-refractivity contribution in [2.75, 3.05) is 32.7 Å². The molecule has 0 saturated carbocycles. The fraction of sp³-hybridized carbons (Fsp3) is 0.273. The van der Waals surface area contributed by atoms with Crippen LogP contribution in [0.4, 0.5) is 5.69 Å². The molecule has 3 rings (SSSR count). The van der Waals surface area contributed by atoms with Gasteiger partial charge in [-0.2, -0.15) is 0 Å². The number of hydrogen-bond donors (Lipinski definition) is 2. The number of nitrogens with one attached hydrogen (secondary N) is 2. The summed E-state index contributed by atoms with van der Waals surface area (Å²) < 4.78 is 15.3. The second-order valence-electron chi connectivity index (χ2n) is 6.97. The first kappa shape index (κ1) is 22.6. The molecule has 2 N–H and O–H groups in total. The van der Waals surface area contributed by atoms with Crippen molar-refractivity contribution in [3.63, 3.8) is 0 Å². The van der Waals surface area contributed by atoms with E-state index in [2.05, 4.69) is 10.7 Å². The van der Waals surface area contributed by atoms with Crippen LogP contribution < -0.4 is 20.2 Å². The summed E-state index contributed by atoms with van der Waals surface area (Å²) in [5, 5.41) is 3.66. The maximum absolute atomic E-state index is 12.6. The zero-order chi connectivity index (χ0) is 23.1. The van der Waals surface area contributed by atoms with Gasteiger partial charge in [-0.1, -0.05) is 18.2 Å². The first-order valence-electron chi connectivity index (χ1n) is 9.75. The van der Waals surface area contributed by atoms with Crippen LogP contribution >= 0.6 is 0 Å². The number of amides is 3. The van der Waals surface area contributed by atoms with Gasteiger partial charge in [-0.3, -0.25) is 29.6 Å². The van der Waals surface area contributed by atoms with E-state index in [1.807, 2.05) is 6.07 Å². The molecule has 0 aliphatic carbocycles. The van der Waals surface area contributed by atoms with E-state index in [9.17, 15) is 19.2 Å². The minimum absolute atomic E-state index is 0.0647. The number of nitrogens with zero attached hydrogens (tertiary/aromatic N) is 1. The van der Waals surface area contributed by atoms with Gasteiger partial charge in [0, 0.05) is 23.7 Å². The Balaban J connectivity index is 1.52. The summed E-state index contributed by atoms with van der Waals surface area (Å²) in [6, 6.07) is 13.3. The molecule has 1 aliphatic rings. The lowest BCUT2D eigenvalue weighted by atomic mass is 10.1. The summed E-state index contributed by atoms with van der Waals surface area (Å²) in [5.74, 6) is -2.16. The highest BCUT2D eigenvalue weighted by molar-refractivity contribution is 5.97. The second-order valence-corrected chi connectivity index (χ2v) is 6.97. The topological polar surface area (TPSA) is 123 Å². The lowest BCUT2D eigenvalue weighted by Gasteiger charge is -2.18. The molecule has 1 heterocycles. The summed E-state index contributed by atoms with van der Waals surface area (Å²) in [6.07, 6.45) is -0.138. The largest absolute Gasteiger partial charge is 0.497 e. The molecule has 10 nitrogen and oxygen atoms in total. The average Bonchev–Trinajstić information content (AvgIpc) is 3.17. The predicted molar refractivity (Wildman–Crippen MR) is 113 cm³/mol. The predicted octanol–water partition coefficient (Wildman–Crippen LogP) is 1.38. The Morgan fingerprint density at radius 3 is 2.31 bits per heavy atom. The van der Waals surface area contributed by atoms with Crippen LogP contribution in [0.3, 0.4) is 0 Å². The van der Waals surface area contributed by atoms with Crippen LogP contribution in [-0.4, -0.2) is 56.1 Å². The van der Waals surface area contributed by atoms with E-state index in [1.54, 1.807) is 30.3 Å². The first-order chi connectivity index (χ1) is 15.4. The number of para-hydroxylation sites is 1. The molecule has 3 amide bonds. The monoisotopic (exact) mass is 441 g/mol. The van der Waals surface area contributed by atoms with E-state index in [4.69, 9.17) is 14.2 Å². The molecule has 0 bridgehead atoms. The van der Waals surface area contributed by atoms with Crippen LogP contribution in [0.2, 0.25) is 0 Å². The molecule has 10 heteroatoms. The molecule has 1 aliphatic heterocycles. The van der Waals surface area contributed by atoms with Crippen molar-refractivity contribution in [2.24, 2.45) is 5.92 Å². The Bertz CT molecular complexity index is 988. The van der Waals surface area contributed by atoms with Crippen LogP contribution in [0.25, 0.3) is 0 Å². The Morgan fingerprint density at radius 2 is 1.69 bits per heavy atom. The van der Waals surface area contributed by atoms with E-state index in [1.165, 1.54) is 26.4 Å². The number of methoxy groups -OCH3 is 2. The van der Waals surface area contributed by atoms with Gasteiger partial charge in [-0.25, -0.2) is 0 Å². The molecule has 32 heavy (non-hydrogen) atoms. The summed E-state index contributed by atoms with van der Waals surface area (Å²) in [5.41, 5.74) is 3.27. The third kappa shape index (κ3) is 5.75. The highest BCUT2D eigenvalue weighted by atomic mass is 16.5. The fourth-order valence-electron chi connectivity index (χ4n) is 3.07. The van der Waals surface area contributed by atoms with Gasteiger partial charge < -0.3 is 19.5 Å². The maximum Gasteiger partial charge on any atom is 0.311 e. The fourth-order valence-corrected chi connectivity index (χ4v) is 3.07. The van der Waals surface area contributed by atoms with E-state index in [0.29, 0.717) is 17.2 Å². The quantitative estimate of drug-likeness (QED) is 0.593. The van der Waals surface area contributed by atoms with Gasteiger partial charge in [0.15, 0.2) is 6.61 Å². The van der Waals surface area contributed by atoms with Gasteiger partial charge in [0.2, 0.25) is 5.91 Å². The minimum atomic E-state index is -0.799. The first-order valence-corrected chi connectivity index (χ1v) is 9.75. The molecule has 2 aromatic rings. The molecule has 1 atom stereocenters. The molecule has 0 unspecified atom stereocenters. The van der Waals surface area contributed by atoms with E-state index in [-0.39, 0.29) is 18.5 Å². The molecule has 0 radical (unpaired) electrons. The van der Waals surface area contributed by atoms with Gasteiger partial charge in [-0.15, -0.1) is 0 Å². The number of carbonyl (C=O) groups is 4. The van der Waals surface area contributed by atoms with E-state index in [0.717, 1.165) is 5.01 Å². The van der Waals surface area contributed by atoms with Gasteiger partial charge >= 0.3 is 5.97 Å². The summed E-state index contributed by atoms with van der Waals surface area (Å²) in [7, 11) is 2.91. The number of benzene rings is 2. The molecule has 0 spiro atoms. The van der Waals surface area contributed by atoms with Gasteiger partial charge in [-0.05, 0) is 24.3 Å². The smallest absolute Gasteiger partial charge is 0.311 e. The highest BCUT2D eigenvalue weighted by Gasteiger charge is 2.36. The number of esters is 1. The third-order valence-corrected chi connectivity index (χ3v) is 4.71. The summed E-state index contributed by atoms with van der Waals surface area (Å²) >= 11 is 0. The molecule has 1 fully saturated rings. The maximum atomic E-state index is 12.6. The van der Waals surface area contributed by atoms with Gasteiger partial charge in [0.1, 0.15) is 11.5 Å². The minimum Gasteiger partial charge on any atom is -0.497 e. The van der Waals surface area contributed by atoms with Crippen molar-refractivity contribution in [1.29, 1.82) is 0 Å². The molecule has 0 aromatic heterocycles. The second kappa shape index (κ2) is 10.3. The Morgan fingerprint density at radius 1 is 1.03 bits per heavy atom. The van der Waals surface area contributed by atoms with Crippen molar-refractivity contribution in [3.05, 3.63) is 54.1 Å². The van der Waals surface area contributed by atoms with Gasteiger partial charge in [0.05, 0.1) is 26.7 Å². The van der Waals surface area contributed by atoms with Crippen molar-refractivity contribution in [1.82, 2.24) is 10.4 Å². The normalized spacial score (nSPS) is 15.1. The van der Waals surface area contributed by atoms with Crippen LogP contribution in [-0.2, 0) is 19.1 Å². The molecule has 2 aromatic carbocycles. The van der Waals surface area contributed by atoms with Crippen LogP contribution in [0.5, 0.6) is 11.5 Å². The van der Waals surface area contributed by atoms with Crippen LogP contribution in [0.15, 0.2) is 48.5 Å². The number of carbonyl (C=O) groups excluding carboxylic acids is 4. The number of hydrogen-bond acceptors (Lipinski definition) is 7. The van der Waals surface area contributed by atoms with Gasteiger partial charge in [0.25, 0.3) is 11.8 Å². The van der Waals surface area contributed by atoms with Crippen LogP contribution in [0, 0.1) is 5.92 Å². The highest BCUT2D eigenvalue weighted by Crippen LogP contribution is 2.23. The lowest BCUT2D eigenvalue weighted by Crippen LogP contribution is -2.43. The molecule has 1 saturated heterocycles. The number of ether oxygens (including phenoxy) is 3.